The Kier molecular flexibility index (Phi) is 6.75. The Balaban J connectivity index is 1.64. The molecule has 34 heavy (non-hydrogen) atoms. The number of fused-ring (bicyclic) bond motifs is 1. The first-order valence-corrected chi connectivity index (χ1v) is 12.1. The number of aliphatic hydroxyl groups excluding tert-OH is 1. The van der Waals surface area contributed by atoms with Crippen molar-refractivity contribution in [2.75, 3.05) is 22.8 Å². The molecule has 1 aliphatic heterocycles. The van der Waals surface area contributed by atoms with Gasteiger partial charge in [0, 0.05) is 10.7 Å². The van der Waals surface area contributed by atoms with Crippen LogP contribution in [0.15, 0.2) is 71.6 Å². The van der Waals surface area contributed by atoms with Gasteiger partial charge in [0.05, 0.1) is 41.8 Å². The molecule has 0 spiro atoms. The number of ether oxygens (including phenoxy) is 1. The van der Waals surface area contributed by atoms with Crippen LogP contribution in [0.25, 0.3) is 0 Å². The highest BCUT2D eigenvalue weighted by molar-refractivity contribution is 7.92. The van der Waals surface area contributed by atoms with Crippen LogP contribution in [0.5, 0.6) is 5.75 Å². The number of hydrogen-bond donors (Lipinski definition) is 2. The summed E-state index contributed by atoms with van der Waals surface area (Å²) < 4.78 is 33.8. The SMILES string of the molecule is N#Cc1cccc(S(=O)(=O)N2C[C@H](CO)Oc3ccc(NC(=O)Cc4ccc(Cl)cc4)cc32)c1. The highest BCUT2D eigenvalue weighted by atomic mass is 35.5. The summed E-state index contributed by atoms with van der Waals surface area (Å²) >= 11 is 5.88. The molecular formula is C24H20ClN3O5S. The summed E-state index contributed by atoms with van der Waals surface area (Å²) in [5, 5.41) is 22.1. The fourth-order valence-electron chi connectivity index (χ4n) is 3.56. The number of carbonyl (C=O) groups is 1. The van der Waals surface area contributed by atoms with E-state index in [-0.39, 0.29) is 47.4 Å². The van der Waals surface area contributed by atoms with Crippen molar-refractivity contribution in [3.63, 3.8) is 0 Å². The van der Waals surface area contributed by atoms with Crippen molar-refractivity contribution in [3.05, 3.63) is 82.9 Å². The maximum Gasteiger partial charge on any atom is 0.264 e. The van der Waals surface area contributed by atoms with Crippen molar-refractivity contribution in [1.82, 2.24) is 0 Å². The molecule has 8 nitrogen and oxygen atoms in total. The van der Waals surface area contributed by atoms with Crippen molar-refractivity contribution < 1.29 is 23.1 Å². The molecule has 3 aromatic rings. The van der Waals surface area contributed by atoms with Crippen molar-refractivity contribution >= 4 is 38.9 Å². The summed E-state index contributed by atoms with van der Waals surface area (Å²) in [7, 11) is -4.08. The van der Waals surface area contributed by atoms with Crippen molar-refractivity contribution in [2.24, 2.45) is 0 Å². The molecule has 4 rings (SSSR count). The molecular weight excluding hydrogens is 478 g/mol. The smallest absolute Gasteiger partial charge is 0.264 e. The number of sulfonamides is 1. The molecule has 0 saturated heterocycles. The number of anilines is 2. The average Bonchev–Trinajstić information content (AvgIpc) is 2.84. The number of aliphatic hydroxyl groups is 1. The van der Waals surface area contributed by atoms with Gasteiger partial charge in [-0.3, -0.25) is 9.10 Å². The highest BCUT2D eigenvalue weighted by Gasteiger charge is 2.34. The lowest BCUT2D eigenvalue weighted by Crippen LogP contribution is -2.45. The van der Waals surface area contributed by atoms with Gasteiger partial charge >= 0.3 is 0 Å². The molecule has 3 aromatic carbocycles. The van der Waals surface area contributed by atoms with Crippen molar-refractivity contribution in [2.45, 2.75) is 17.4 Å². The van der Waals surface area contributed by atoms with Gasteiger partial charge in [-0.25, -0.2) is 8.42 Å². The Morgan fingerprint density at radius 2 is 1.94 bits per heavy atom. The zero-order valence-corrected chi connectivity index (χ0v) is 19.4. The van der Waals surface area contributed by atoms with E-state index in [1.165, 1.54) is 30.3 Å². The Labute approximate surface area is 202 Å². The van der Waals surface area contributed by atoms with Gasteiger partial charge in [0.15, 0.2) is 0 Å². The molecule has 1 atom stereocenters. The van der Waals surface area contributed by atoms with Crippen LogP contribution in [0.3, 0.4) is 0 Å². The Bertz CT molecular complexity index is 1370. The summed E-state index contributed by atoms with van der Waals surface area (Å²) in [4.78, 5) is 12.5. The first kappa shape index (κ1) is 23.6. The van der Waals surface area contributed by atoms with E-state index in [4.69, 9.17) is 21.6 Å². The fourth-order valence-corrected chi connectivity index (χ4v) is 5.23. The van der Waals surface area contributed by atoms with Crippen LogP contribution in [0.4, 0.5) is 11.4 Å². The molecule has 10 heteroatoms. The second kappa shape index (κ2) is 9.73. The van der Waals surface area contributed by atoms with Crippen molar-refractivity contribution in [3.8, 4) is 11.8 Å². The topological polar surface area (TPSA) is 120 Å². The van der Waals surface area contributed by atoms with Gasteiger partial charge in [-0.05, 0) is 54.1 Å². The normalized spacial score (nSPS) is 15.1. The zero-order chi connectivity index (χ0) is 24.3. The predicted molar refractivity (Wildman–Crippen MR) is 127 cm³/mol. The van der Waals surface area contributed by atoms with E-state index in [9.17, 15) is 18.3 Å². The number of hydrogen-bond acceptors (Lipinski definition) is 6. The van der Waals surface area contributed by atoms with E-state index in [1.807, 2.05) is 6.07 Å². The van der Waals surface area contributed by atoms with Gasteiger partial charge in [-0.15, -0.1) is 0 Å². The van der Waals surface area contributed by atoms with E-state index in [1.54, 1.807) is 36.4 Å². The third-order valence-corrected chi connectivity index (χ3v) is 7.23. The second-order valence-electron chi connectivity index (χ2n) is 7.63. The molecule has 0 aliphatic carbocycles. The number of amides is 1. The van der Waals surface area contributed by atoms with Gasteiger partial charge in [-0.1, -0.05) is 29.8 Å². The molecule has 0 aromatic heterocycles. The van der Waals surface area contributed by atoms with Crippen LogP contribution in [0.2, 0.25) is 5.02 Å². The molecule has 1 heterocycles. The molecule has 0 unspecified atom stereocenters. The van der Waals surface area contributed by atoms with Crippen LogP contribution in [-0.2, 0) is 21.2 Å². The number of rotatable bonds is 6. The molecule has 0 saturated carbocycles. The van der Waals surface area contributed by atoms with E-state index in [2.05, 4.69) is 5.32 Å². The van der Waals surface area contributed by atoms with Gasteiger partial charge in [0.1, 0.15) is 11.9 Å². The lowest BCUT2D eigenvalue weighted by Gasteiger charge is -2.35. The Morgan fingerprint density at radius 3 is 2.65 bits per heavy atom. The van der Waals surface area contributed by atoms with E-state index < -0.39 is 16.1 Å². The van der Waals surface area contributed by atoms with E-state index in [0.717, 1.165) is 9.87 Å². The third kappa shape index (κ3) is 4.99. The first-order chi connectivity index (χ1) is 16.3. The quantitative estimate of drug-likeness (QED) is 0.539. The Hall–Kier alpha value is -3.58. The lowest BCUT2D eigenvalue weighted by molar-refractivity contribution is -0.115. The number of nitriles is 1. The second-order valence-corrected chi connectivity index (χ2v) is 9.93. The van der Waals surface area contributed by atoms with Gasteiger partial charge in [0.2, 0.25) is 5.91 Å². The number of halogens is 1. The first-order valence-electron chi connectivity index (χ1n) is 10.3. The van der Waals surface area contributed by atoms with Gasteiger partial charge in [-0.2, -0.15) is 5.26 Å². The van der Waals surface area contributed by atoms with Gasteiger partial charge < -0.3 is 15.2 Å². The fraction of sp³-hybridized carbons (Fsp3) is 0.167. The molecule has 0 bridgehead atoms. The van der Waals surface area contributed by atoms with E-state index >= 15 is 0 Å². The van der Waals surface area contributed by atoms with Crippen LogP contribution < -0.4 is 14.4 Å². The molecule has 1 aliphatic rings. The minimum Gasteiger partial charge on any atom is -0.484 e. The van der Waals surface area contributed by atoms with Crippen molar-refractivity contribution in [1.29, 1.82) is 5.26 Å². The summed E-state index contributed by atoms with van der Waals surface area (Å²) in [6, 6.07) is 19.2. The minimum absolute atomic E-state index is 0.0618. The monoisotopic (exact) mass is 497 g/mol. The van der Waals surface area contributed by atoms with Crippen LogP contribution >= 0.6 is 11.6 Å². The lowest BCUT2D eigenvalue weighted by atomic mass is 10.1. The number of benzene rings is 3. The summed E-state index contributed by atoms with van der Waals surface area (Å²) in [5.74, 6) is -0.0376. The highest BCUT2D eigenvalue weighted by Crippen LogP contribution is 2.39. The summed E-state index contributed by atoms with van der Waals surface area (Å²) in [6.07, 6.45) is -0.660. The average molecular weight is 498 g/mol. The number of carbonyl (C=O) groups excluding carboxylic acids is 1. The standard InChI is InChI=1S/C24H20ClN3O5S/c25-18-6-4-16(5-7-18)11-24(30)27-19-8-9-23-22(12-19)28(14-20(15-29)33-23)34(31,32)21-3-1-2-17(10-21)13-26/h1-10,12,20,29H,11,14-15H2,(H,27,30)/t20-/m1/s1. The molecule has 2 N–H and O–H groups in total. The summed E-state index contributed by atoms with van der Waals surface area (Å²) in [6.45, 7) is -0.520. The largest absolute Gasteiger partial charge is 0.484 e. The minimum atomic E-state index is -4.08. The maximum absolute atomic E-state index is 13.5. The van der Waals surface area contributed by atoms with E-state index in [0.29, 0.717) is 10.7 Å². The molecule has 0 fully saturated rings. The maximum atomic E-state index is 13.5. The Morgan fingerprint density at radius 1 is 1.18 bits per heavy atom. The molecule has 1 amide bonds. The third-order valence-electron chi connectivity index (χ3n) is 5.21. The van der Waals surface area contributed by atoms with Crippen LogP contribution in [0, 0.1) is 11.3 Å². The molecule has 174 valence electrons. The number of nitrogens with one attached hydrogen (secondary N) is 1. The number of nitrogens with zero attached hydrogens (tertiary/aromatic N) is 2. The zero-order valence-electron chi connectivity index (χ0n) is 17.8. The summed E-state index contributed by atoms with van der Waals surface area (Å²) in [5.41, 5.74) is 1.58. The van der Waals surface area contributed by atoms with Crippen LogP contribution in [0.1, 0.15) is 11.1 Å². The van der Waals surface area contributed by atoms with Crippen LogP contribution in [-0.4, -0.2) is 38.7 Å². The molecule has 0 radical (unpaired) electrons. The predicted octanol–water partition coefficient (Wildman–Crippen LogP) is 3.34. The van der Waals surface area contributed by atoms with Gasteiger partial charge in [0.25, 0.3) is 10.0 Å².